The molecular weight excluding hydrogens is 865 g/mol. The Hall–Kier alpha value is -2.89. The standard InChI is InChI=1S/C64H114O6/c1-4-7-10-13-15-17-19-21-23-24-25-26-27-28-29-30-31-32-33-34-35-36-37-38-39-41-42-44-46-48-51-54-57-63(66)69-60-61(59-68-62(65)56-53-50-12-9-6-3)70-64(67)58-55-52-49-47-45-43-40-22-20-18-16-14-11-8-5-2/h8,11,16,18,22,40,45,47,52,55,61H,4-7,9-10,12-15,17,19-21,23-39,41-44,46,48-51,53-54,56-60H2,1-3H3/b11-8-,18-16-,40-22-,47-45-,55-52-. The molecule has 0 aliphatic heterocycles. The van der Waals surface area contributed by atoms with Crippen LogP contribution in [0.1, 0.15) is 310 Å². The van der Waals surface area contributed by atoms with Gasteiger partial charge in [-0.2, -0.15) is 0 Å². The van der Waals surface area contributed by atoms with Crippen molar-refractivity contribution in [3.05, 3.63) is 60.8 Å². The highest BCUT2D eigenvalue weighted by Crippen LogP contribution is 2.18. The van der Waals surface area contributed by atoms with Gasteiger partial charge in [-0.1, -0.05) is 306 Å². The second kappa shape index (κ2) is 58.7. The van der Waals surface area contributed by atoms with Crippen LogP contribution >= 0.6 is 0 Å². The maximum atomic E-state index is 12.7. The fourth-order valence-electron chi connectivity index (χ4n) is 8.82. The van der Waals surface area contributed by atoms with E-state index < -0.39 is 12.1 Å². The highest BCUT2D eigenvalue weighted by molar-refractivity contribution is 5.72. The van der Waals surface area contributed by atoms with E-state index in [1.165, 1.54) is 186 Å². The number of hydrogen-bond donors (Lipinski definition) is 0. The van der Waals surface area contributed by atoms with E-state index in [1.54, 1.807) is 6.08 Å². The highest BCUT2D eigenvalue weighted by atomic mass is 16.6. The normalized spacial score (nSPS) is 12.4. The monoisotopic (exact) mass is 979 g/mol. The van der Waals surface area contributed by atoms with Crippen molar-refractivity contribution in [1.82, 2.24) is 0 Å². The van der Waals surface area contributed by atoms with Gasteiger partial charge in [-0.25, -0.2) is 0 Å². The summed E-state index contributed by atoms with van der Waals surface area (Å²) in [4.78, 5) is 37.7. The number of ether oxygens (including phenoxy) is 3. The average molecular weight is 980 g/mol. The number of allylic oxidation sites excluding steroid dienone is 9. The van der Waals surface area contributed by atoms with Crippen LogP contribution in [0.15, 0.2) is 60.8 Å². The van der Waals surface area contributed by atoms with Crippen LogP contribution in [0.2, 0.25) is 0 Å². The van der Waals surface area contributed by atoms with Gasteiger partial charge in [0.25, 0.3) is 0 Å². The lowest BCUT2D eigenvalue weighted by Gasteiger charge is -2.18. The quantitative estimate of drug-likeness (QED) is 0.0261. The van der Waals surface area contributed by atoms with Gasteiger partial charge in [0.05, 0.1) is 6.42 Å². The van der Waals surface area contributed by atoms with Crippen molar-refractivity contribution in [2.24, 2.45) is 0 Å². The molecule has 0 heterocycles. The van der Waals surface area contributed by atoms with Crippen molar-refractivity contribution in [2.45, 2.75) is 316 Å². The minimum absolute atomic E-state index is 0.100. The third-order valence-corrected chi connectivity index (χ3v) is 13.3. The molecule has 0 radical (unpaired) electrons. The number of esters is 3. The summed E-state index contributed by atoms with van der Waals surface area (Å²) in [5.74, 6) is -1.05. The molecule has 6 nitrogen and oxygen atoms in total. The van der Waals surface area contributed by atoms with Gasteiger partial charge in [-0.05, 0) is 44.9 Å². The highest BCUT2D eigenvalue weighted by Gasteiger charge is 2.19. The molecule has 0 bridgehead atoms. The third kappa shape index (κ3) is 56.0. The molecule has 70 heavy (non-hydrogen) atoms. The number of carbonyl (C=O) groups excluding carboxylic acids is 3. The first-order chi connectivity index (χ1) is 34.5. The predicted octanol–water partition coefficient (Wildman–Crippen LogP) is 20.4. The van der Waals surface area contributed by atoms with Crippen LogP contribution in [0.5, 0.6) is 0 Å². The maximum absolute atomic E-state index is 12.7. The van der Waals surface area contributed by atoms with Crippen molar-refractivity contribution in [2.75, 3.05) is 13.2 Å². The summed E-state index contributed by atoms with van der Waals surface area (Å²) in [6.45, 7) is 6.38. The summed E-state index contributed by atoms with van der Waals surface area (Å²) >= 11 is 0. The molecule has 0 fully saturated rings. The first-order valence-electron chi connectivity index (χ1n) is 30.3. The maximum Gasteiger partial charge on any atom is 0.310 e. The van der Waals surface area contributed by atoms with Gasteiger partial charge in [0.1, 0.15) is 13.2 Å². The molecule has 0 aromatic heterocycles. The van der Waals surface area contributed by atoms with Crippen LogP contribution in [0.25, 0.3) is 0 Å². The van der Waals surface area contributed by atoms with E-state index in [2.05, 4.69) is 69.4 Å². The molecule has 0 aromatic carbocycles. The molecule has 6 heteroatoms. The number of unbranched alkanes of at least 4 members (excludes halogenated alkanes) is 35. The van der Waals surface area contributed by atoms with E-state index in [0.29, 0.717) is 12.8 Å². The van der Waals surface area contributed by atoms with Gasteiger partial charge in [0.15, 0.2) is 6.10 Å². The molecule has 0 rings (SSSR count). The van der Waals surface area contributed by atoms with Crippen LogP contribution in [0.4, 0.5) is 0 Å². The van der Waals surface area contributed by atoms with Gasteiger partial charge in [0.2, 0.25) is 0 Å². The Morgan fingerprint density at radius 3 is 0.814 bits per heavy atom. The molecule has 0 amide bonds. The Labute approximate surface area is 434 Å². The molecular formula is C64H114O6. The zero-order valence-corrected chi connectivity index (χ0v) is 46.5. The zero-order valence-electron chi connectivity index (χ0n) is 46.5. The van der Waals surface area contributed by atoms with Gasteiger partial charge in [-0.3, -0.25) is 14.4 Å². The number of rotatable bonds is 55. The molecule has 1 atom stereocenters. The topological polar surface area (TPSA) is 78.9 Å². The summed E-state index contributed by atoms with van der Waals surface area (Å²) in [6.07, 6.45) is 74.7. The van der Waals surface area contributed by atoms with Crippen LogP contribution < -0.4 is 0 Å². The van der Waals surface area contributed by atoms with Crippen LogP contribution in [-0.2, 0) is 28.6 Å². The van der Waals surface area contributed by atoms with Gasteiger partial charge in [-0.15, -0.1) is 0 Å². The van der Waals surface area contributed by atoms with Crippen LogP contribution in [-0.4, -0.2) is 37.2 Å². The average Bonchev–Trinajstić information content (AvgIpc) is 3.36. The smallest absolute Gasteiger partial charge is 0.310 e. The molecule has 0 aliphatic carbocycles. The van der Waals surface area contributed by atoms with Crippen molar-refractivity contribution >= 4 is 17.9 Å². The molecule has 0 saturated carbocycles. The molecule has 0 aliphatic rings. The predicted molar refractivity (Wildman–Crippen MR) is 302 cm³/mol. The van der Waals surface area contributed by atoms with Crippen molar-refractivity contribution in [1.29, 1.82) is 0 Å². The van der Waals surface area contributed by atoms with E-state index in [1.807, 2.05) is 6.08 Å². The fourth-order valence-corrected chi connectivity index (χ4v) is 8.82. The van der Waals surface area contributed by atoms with E-state index >= 15 is 0 Å². The zero-order chi connectivity index (χ0) is 50.7. The second-order valence-electron chi connectivity index (χ2n) is 20.3. The molecule has 0 aromatic rings. The number of carbonyl (C=O) groups is 3. The third-order valence-electron chi connectivity index (χ3n) is 13.3. The molecule has 0 spiro atoms. The molecule has 1 unspecified atom stereocenters. The Balaban J connectivity index is 3.95. The molecule has 406 valence electrons. The summed E-state index contributed by atoms with van der Waals surface area (Å²) < 4.78 is 16.6. The Morgan fingerprint density at radius 2 is 0.543 bits per heavy atom. The first kappa shape index (κ1) is 67.1. The van der Waals surface area contributed by atoms with Gasteiger partial charge >= 0.3 is 17.9 Å². The van der Waals surface area contributed by atoms with Crippen molar-refractivity contribution < 1.29 is 28.6 Å². The summed E-state index contributed by atoms with van der Waals surface area (Å²) in [6, 6.07) is 0. The summed E-state index contributed by atoms with van der Waals surface area (Å²) in [7, 11) is 0. The minimum Gasteiger partial charge on any atom is -0.462 e. The SMILES string of the molecule is CC/C=C\C/C=C\C/C=C\C/C=C\C/C=C\CC(=O)OC(COC(=O)CCCCCCC)COC(=O)CCCCCCCCCCCCCCCCCCCCCCCCCCCCCCCCCC. The van der Waals surface area contributed by atoms with Gasteiger partial charge < -0.3 is 14.2 Å². The summed E-state index contributed by atoms with van der Waals surface area (Å²) in [5, 5.41) is 0. The summed E-state index contributed by atoms with van der Waals surface area (Å²) in [5.41, 5.74) is 0. The molecule has 0 N–H and O–H groups in total. The van der Waals surface area contributed by atoms with E-state index in [9.17, 15) is 14.4 Å². The second-order valence-corrected chi connectivity index (χ2v) is 20.3. The van der Waals surface area contributed by atoms with Gasteiger partial charge in [0, 0.05) is 12.8 Å². The lowest BCUT2D eigenvalue weighted by molar-refractivity contribution is -0.166. The Morgan fingerprint density at radius 1 is 0.300 bits per heavy atom. The fraction of sp³-hybridized carbons (Fsp3) is 0.797. The lowest BCUT2D eigenvalue weighted by atomic mass is 10.0. The van der Waals surface area contributed by atoms with E-state index in [-0.39, 0.29) is 31.6 Å². The van der Waals surface area contributed by atoms with Crippen LogP contribution in [0.3, 0.4) is 0 Å². The van der Waals surface area contributed by atoms with Crippen molar-refractivity contribution in [3.63, 3.8) is 0 Å². The largest absolute Gasteiger partial charge is 0.462 e. The molecule has 0 saturated heterocycles. The lowest BCUT2D eigenvalue weighted by Crippen LogP contribution is -2.30. The number of hydrogen-bond acceptors (Lipinski definition) is 6. The van der Waals surface area contributed by atoms with Crippen LogP contribution in [0, 0.1) is 0 Å². The first-order valence-corrected chi connectivity index (χ1v) is 30.3. The minimum atomic E-state index is -0.823. The van der Waals surface area contributed by atoms with E-state index in [4.69, 9.17) is 14.2 Å². The van der Waals surface area contributed by atoms with Crippen molar-refractivity contribution in [3.8, 4) is 0 Å². The van der Waals surface area contributed by atoms with E-state index in [0.717, 1.165) is 83.5 Å². The Kier molecular flexibility index (Phi) is 56.3. The Bertz CT molecular complexity index is 1260.